The standard InChI is InChI=1S/C10H14ClN/c1-3-12-7-9-6-4-5-8(2)10(9)11/h4-6,12H,3,7H2,1-2H3. The quantitative estimate of drug-likeness (QED) is 0.760. The molecule has 0 saturated carbocycles. The van der Waals surface area contributed by atoms with Crippen LogP contribution >= 0.6 is 11.6 Å². The van der Waals surface area contributed by atoms with Gasteiger partial charge in [-0.05, 0) is 24.6 Å². The van der Waals surface area contributed by atoms with E-state index in [-0.39, 0.29) is 0 Å². The lowest BCUT2D eigenvalue weighted by atomic mass is 10.1. The molecule has 0 radical (unpaired) electrons. The fourth-order valence-corrected chi connectivity index (χ4v) is 1.30. The number of nitrogens with one attached hydrogen (secondary N) is 1. The van der Waals surface area contributed by atoms with Crippen molar-refractivity contribution >= 4 is 11.6 Å². The van der Waals surface area contributed by atoms with Gasteiger partial charge < -0.3 is 5.32 Å². The molecule has 1 aromatic rings. The van der Waals surface area contributed by atoms with E-state index in [1.807, 2.05) is 19.1 Å². The van der Waals surface area contributed by atoms with Crippen LogP contribution in [-0.2, 0) is 6.54 Å². The zero-order valence-electron chi connectivity index (χ0n) is 7.52. The van der Waals surface area contributed by atoms with Crippen LogP contribution in [-0.4, -0.2) is 6.54 Å². The van der Waals surface area contributed by atoms with Crippen molar-refractivity contribution in [3.63, 3.8) is 0 Å². The van der Waals surface area contributed by atoms with Gasteiger partial charge in [0.1, 0.15) is 0 Å². The van der Waals surface area contributed by atoms with Crippen molar-refractivity contribution in [2.45, 2.75) is 20.4 Å². The van der Waals surface area contributed by atoms with Gasteiger partial charge in [-0.3, -0.25) is 0 Å². The fourth-order valence-electron chi connectivity index (χ4n) is 1.10. The van der Waals surface area contributed by atoms with Crippen molar-refractivity contribution in [3.8, 4) is 0 Å². The third kappa shape index (κ3) is 2.23. The molecule has 1 N–H and O–H groups in total. The summed E-state index contributed by atoms with van der Waals surface area (Å²) in [5, 5.41) is 4.14. The molecule has 0 aliphatic carbocycles. The Morgan fingerprint density at radius 3 is 2.83 bits per heavy atom. The van der Waals surface area contributed by atoms with Crippen molar-refractivity contribution in [3.05, 3.63) is 34.3 Å². The van der Waals surface area contributed by atoms with Crippen LogP contribution < -0.4 is 5.32 Å². The minimum atomic E-state index is 0.858. The van der Waals surface area contributed by atoms with Crippen LogP contribution in [0.1, 0.15) is 18.1 Å². The van der Waals surface area contributed by atoms with Crippen LogP contribution in [0.5, 0.6) is 0 Å². The number of hydrogen-bond donors (Lipinski definition) is 1. The minimum Gasteiger partial charge on any atom is -0.313 e. The summed E-state index contributed by atoms with van der Waals surface area (Å²) in [6.07, 6.45) is 0. The van der Waals surface area contributed by atoms with Gasteiger partial charge in [-0.2, -0.15) is 0 Å². The molecule has 0 aromatic heterocycles. The van der Waals surface area contributed by atoms with Crippen LogP contribution in [0.4, 0.5) is 0 Å². The Balaban J connectivity index is 2.78. The molecule has 66 valence electrons. The summed E-state index contributed by atoms with van der Waals surface area (Å²) in [6.45, 7) is 5.95. The Morgan fingerprint density at radius 2 is 2.17 bits per heavy atom. The van der Waals surface area contributed by atoms with Gasteiger partial charge in [-0.1, -0.05) is 36.7 Å². The van der Waals surface area contributed by atoms with Crippen molar-refractivity contribution in [2.75, 3.05) is 6.54 Å². The molecule has 0 heterocycles. The first-order chi connectivity index (χ1) is 5.75. The maximum absolute atomic E-state index is 6.09. The maximum Gasteiger partial charge on any atom is 0.0480 e. The number of halogens is 1. The lowest BCUT2D eigenvalue weighted by Gasteiger charge is -2.06. The second-order valence-corrected chi connectivity index (χ2v) is 3.21. The van der Waals surface area contributed by atoms with Gasteiger partial charge in [0.05, 0.1) is 0 Å². The van der Waals surface area contributed by atoms with Gasteiger partial charge in [0.15, 0.2) is 0 Å². The zero-order valence-corrected chi connectivity index (χ0v) is 8.28. The SMILES string of the molecule is CCNCc1cccc(C)c1Cl. The average Bonchev–Trinajstić information content (AvgIpc) is 2.08. The monoisotopic (exact) mass is 183 g/mol. The van der Waals surface area contributed by atoms with E-state index in [0.29, 0.717) is 0 Å². The second-order valence-electron chi connectivity index (χ2n) is 2.83. The molecule has 0 unspecified atom stereocenters. The smallest absolute Gasteiger partial charge is 0.0480 e. The van der Waals surface area contributed by atoms with Gasteiger partial charge >= 0.3 is 0 Å². The van der Waals surface area contributed by atoms with Crippen LogP contribution in [0, 0.1) is 6.92 Å². The number of rotatable bonds is 3. The number of hydrogen-bond acceptors (Lipinski definition) is 1. The summed E-state index contributed by atoms with van der Waals surface area (Å²) in [7, 11) is 0. The third-order valence-corrected chi connectivity index (χ3v) is 2.38. The first-order valence-corrected chi connectivity index (χ1v) is 4.58. The highest BCUT2D eigenvalue weighted by atomic mass is 35.5. The molecule has 0 aliphatic heterocycles. The molecule has 0 aliphatic rings. The predicted molar refractivity (Wildman–Crippen MR) is 53.6 cm³/mol. The molecule has 0 spiro atoms. The highest BCUT2D eigenvalue weighted by molar-refractivity contribution is 6.32. The van der Waals surface area contributed by atoms with Gasteiger partial charge in [-0.25, -0.2) is 0 Å². The second kappa shape index (κ2) is 4.48. The summed E-state index contributed by atoms with van der Waals surface area (Å²) < 4.78 is 0. The van der Waals surface area contributed by atoms with E-state index in [2.05, 4.69) is 18.3 Å². The first-order valence-electron chi connectivity index (χ1n) is 4.20. The molecular weight excluding hydrogens is 170 g/mol. The first kappa shape index (κ1) is 9.56. The molecule has 1 aromatic carbocycles. The molecule has 1 nitrogen and oxygen atoms in total. The van der Waals surface area contributed by atoms with E-state index in [1.165, 1.54) is 5.56 Å². The van der Waals surface area contributed by atoms with E-state index >= 15 is 0 Å². The van der Waals surface area contributed by atoms with E-state index in [9.17, 15) is 0 Å². The van der Waals surface area contributed by atoms with Crippen LogP contribution in [0.15, 0.2) is 18.2 Å². The summed E-state index contributed by atoms with van der Waals surface area (Å²) in [4.78, 5) is 0. The van der Waals surface area contributed by atoms with Crippen LogP contribution in [0.25, 0.3) is 0 Å². The van der Waals surface area contributed by atoms with Gasteiger partial charge in [-0.15, -0.1) is 0 Å². The lowest BCUT2D eigenvalue weighted by Crippen LogP contribution is -2.12. The largest absolute Gasteiger partial charge is 0.313 e. The molecule has 1 rings (SSSR count). The van der Waals surface area contributed by atoms with Crippen molar-refractivity contribution in [1.82, 2.24) is 5.32 Å². The molecular formula is C10H14ClN. The highest BCUT2D eigenvalue weighted by Crippen LogP contribution is 2.19. The van der Waals surface area contributed by atoms with E-state index in [4.69, 9.17) is 11.6 Å². The molecule has 0 atom stereocenters. The molecule has 2 heteroatoms. The van der Waals surface area contributed by atoms with Crippen molar-refractivity contribution < 1.29 is 0 Å². The maximum atomic E-state index is 6.09. The number of aryl methyl sites for hydroxylation is 1. The lowest BCUT2D eigenvalue weighted by molar-refractivity contribution is 0.726. The van der Waals surface area contributed by atoms with E-state index in [0.717, 1.165) is 23.7 Å². The third-order valence-electron chi connectivity index (χ3n) is 1.84. The molecule has 0 bridgehead atoms. The molecule has 0 amide bonds. The van der Waals surface area contributed by atoms with Gasteiger partial charge in [0.25, 0.3) is 0 Å². The molecule has 0 saturated heterocycles. The normalized spacial score (nSPS) is 10.2. The molecule has 0 fully saturated rings. The Labute approximate surface area is 78.7 Å². The summed E-state index contributed by atoms with van der Waals surface area (Å²) in [6, 6.07) is 6.11. The topological polar surface area (TPSA) is 12.0 Å². The predicted octanol–water partition coefficient (Wildman–Crippen LogP) is 2.76. The van der Waals surface area contributed by atoms with Gasteiger partial charge in [0.2, 0.25) is 0 Å². The summed E-state index contributed by atoms with van der Waals surface area (Å²) in [5.41, 5.74) is 2.32. The Kier molecular flexibility index (Phi) is 3.57. The van der Waals surface area contributed by atoms with E-state index < -0.39 is 0 Å². The van der Waals surface area contributed by atoms with Crippen LogP contribution in [0.3, 0.4) is 0 Å². The summed E-state index contributed by atoms with van der Waals surface area (Å²) in [5.74, 6) is 0. The Bertz CT molecular complexity index is 258. The van der Waals surface area contributed by atoms with Crippen molar-refractivity contribution in [2.24, 2.45) is 0 Å². The Morgan fingerprint density at radius 1 is 1.42 bits per heavy atom. The highest BCUT2D eigenvalue weighted by Gasteiger charge is 2.00. The fraction of sp³-hybridized carbons (Fsp3) is 0.400. The minimum absolute atomic E-state index is 0.858. The van der Waals surface area contributed by atoms with E-state index in [1.54, 1.807) is 0 Å². The zero-order chi connectivity index (χ0) is 8.97. The van der Waals surface area contributed by atoms with Crippen LogP contribution in [0.2, 0.25) is 5.02 Å². The van der Waals surface area contributed by atoms with Gasteiger partial charge in [0, 0.05) is 11.6 Å². The van der Waals surface area contributed by atoms with Crippen molar-refractivity contribution in [1.29, 1.82) is 0 Å². The summed E-state index contributed by atoms with van der Waals surface area (Å²) >= 11 is 6.09. The average molecular weight is 184 g/mol. The molecule has 12 heavy (non-hydrogen) atoms. The number of benzene rings is 1. The Hall–Kier alpha value is -0.530.